The molecule has 7 heteroatoms. The van der Waals surface area contributed by atoms with E-state index in [9.17, 15) is 9.59 Å². The minimum absolute atomic E-state index is 0.154. The Balaban J connectivity index is 1.64. The smallest absolute Gasteiger partial charge is 0.253 e. The number of rotatable bonds is 16. The lowest BCUT2D eigenvalue weighted by molar-refractivity contribution is 0.0846. The number of carbonyl (C=O) groups excluding carboxylic acids is 1. The van der Waals surface area contributed by atoms with E-state index in [-0.39, 0.29) is 18.0 Å². The highest BCUT2D eigenvalue weighted by molar-refractivity contribution is 5.99. The van der Waals surface area contributed by atoms with Crippen molar-refractivity contribution in [3.63, 3.8) is 0 Å². The van der Waals surface area contributed by atoms with Crippen LogP contribution in [0.3, 0.4) is 0 Å². The van der Waals surface area contributed by atoms with Crippen LogP contribution in [0.5, 0.6) is 0 Å². The fraction of sp³-hybridized carbons (Fsp3) is 0.538. The number of nitrogens with zero attached hydrogens (tertiary/aromatic N) is 2. The number of aryl methyl sites for hydroxylation is 2. The van der Waals surface area contributed by atoms with Crippen LogP contribution in [0, 0.1) is 20.8 Å². The summed E-state index contributed by atoms with van der Waals surface area (Å²) in [6.45, 7) is 18.3. The molecule has 0 saturated carbocycles. The van der Waals surface area contributed by atoms with Crippen molar-refractivity contribution >= 4 is 11.6 Å². The molecular weight excluding hydrogens is 572 g/mol. The lowest BCUT2D eigenvalue weighted by atomic mass is 9.94. The molecule has 2 heterocycles. The number of hydrogen-bond donors (Lipinski definition) is 2. The monoisotopic (exact) mass is 628 g/mol. The predicted molar refractivity (Wildman–Crippen MR) is 191 cm³/mol. The van der Waals surface area contributed by atoms with Crippen molar-refractivity contribution in [2.24, 2.45) is 0 Å². The fourth-order valence-corrected chi connectivity index (χ4v) is 6.80. The van der Waals surface area contributed by atoms with E-state index in [1.54, 1.807) is 0 Å². The minimum Gasteiger partial charge on any atom is -0.381 e. The molecule has 1 saturated heterocycles. The Bertz CT molecular complexity index is 1470. The van der Waals surface area contributed by atoms with Gasteiger partial charge >= 0.3 is 0 Å². The van der Waals surface area contributed by atoms with Crippen molar-refractivity contribution in [1.82, 2.24) is 15.2 Å². The topological polar surface area (TPSA) is 77.7 Å². The van der Waals surface area contributed by atoms with Crippen molar-refractivity contribution < 1.29 is 9.53 Å². The number of benzene rings is 2. The quantitative estimate of drug-likeness (QED) is 0.159. The molecule has 7 nitrogen and oxygen atoms in total. The summed E-state index contributed by atoms with van der Waals surface area (Å²) in [4.78, 5) is 34.4. The summed E-state index contributed by atoms with van der Waals surface area (Å²) in [6, 6.07) is 15.5. The van der Waals surface area contributed by atoms with Gasteiger partial charge in [0.05, 0.1) is 0 Å². The van der Waals surface area contributed by atoms with Crippen LogP contribution in [0.2, 0.25) is 0 Å². The van der Waals surface area contributed by atoms with Gasteiger partial charge in [0.15, 0.2) is 0 Å². The van der Waals surface area contributed by atoms with Gasteiger partial charge < -0.3 is 19.9 Å². The van der Waals surface area contributed by atoms with Gasteiger partial charge in [-0.05, 0) is 112 Å². The number of pyridine rings is 1. The summed E-state index contributed by atoms with van der Waals surface area (Å²) >= 11 is 0. The number of ether oxygens (including phenoxy) is 1. The van der Waals surface area contributed by atoms with Gasteiger partial charge in [0.2, 0.25) is 0 Å². The first-order valence-electron chi connectivity index (χ1n) is 17.5. The molecule has 2 N–H and O–H groups in total. The van der Waals surface area contributed by atoms with Crippen LogP contribution in [0.25, 0.3) is 11.1 Å². The van der Waals surface area contributed by atoms with E-state index >= 15 is 0 Å². The molecule has 0 aliphatic carbocycles. The Morgan fingerprint density at radius 3 is 2.30 bits per heavy atom. The van der Waals surface area contributed by atoms with Crippen molar-refractivity contribution in [2.45, 2.75) is 106 Å². The second kappa shape index (κ2) is 17.5. The highest BCUT2D eigenvalue weighted by Gasteiger charge is 2.25. The molecule has 0 spiro atoms. The zero-order valence-corrected chi connectivity index (χ0v) is 29.1. The second-order valence-corrected chi connectivity index (χ2v) is 13.0. The Kier molecular flexibility index (Phi) is 13.5. The first-order chi connectivity index (χ1) is 22.2. The van der Waals surface area contributed by atoms with E-state index in [1.165, 1.54) is 31.2 Å². The number of H-pyrrole nitrogens is 1. The predicted octanol–water partition coefficient (Wildman–Crippen LogP) is 7.69. The van der Waals surface area contributed by atoms with Gasteiger partial charge in [0, 0.05) is 61.4 Å². The zero-order chi connectivity index (χ0) is 33.1. The Morgan fingerprint density at radius 1 is 0.913 bits per heavy atom. The van der Waals surface area contributed by atoms with Crippen LogP contribution in [0.4, 0.5) is 5.69 Å². The molecule has 0 radical (unpaired) electrons. The number of anilines is 1. The average Bonchev–Trinajstić information content (AvgIpc) is 3.04. The van der Waals surface area contributed by atoms with E-state index in [1.807, 2.05) is 32.9 Å². The van der Waals surface area contributed by atoms with Crippen LogP contribution >= 0.6 is 0 Å². The number of aromatic amines is 1. The van der Waals surface area contributed by atoms with E-state index in [4.69, 9.17) is 4.74 Å². The second-order valence-electron chi connectivity index (χ2n) is 13.0. The number of nitrogens with one attached hydrogen (secondary N) is 2. The average molecular weight is 629 g/mol. The van der Waals surface area contributed by atoms with E-state index in [2.05, 4.69) is 71.2 Å². The maximum Gasteiger partial charge on any atom is 0.253 e. The molecule has 1 amide bonds. The maximum absolute atomic E-state index is 13.8. The molecule has 250 valence electrons. The van der Waals surface area contributed by atoms with Crippen LogP contribution in [-0.4, -0.2) is 54.7 Å². The van der Waals surface area contributed by atoms with E-state index in [0.29, 0.717) is 17.2 Å². The Labute approximate surface area is 276 Å². The summed E-state index contributed by atoms with van der Waals surface area (Å²) < 4.78 is 5.68. The molecule has 0 bridgehead atoms. The fourth-order valence-electron chi connectivity index (χ4n) is 6.80. The van der Waals surface area contributed by atoms with Gasteiger partial charge in [-0.3, -0.25) is 14.5 Å². The van der Waals surface area contributed by atoms with Crippen LogP contribution in [0.1, 0.15) is 104 Å². The minimum atomic E-state index is -0.169. The zero-order valence-electron chi connectivity index (χ0n) is 29.1. The molecule has 4 rings (SSSR count). The van der Waals surface area contributed by atoms with Crippen LogP contribution in [0.15, 0.2) is 47.3 Å². The molecule has 46 heavy (non-hydrogen) atoms. The molecule has 3 aromatic rings. The SMILES string of the molecule is CCCCCCN(CCC)Cc1ccc(-c2cc(C(=O)NCc3c(C)cc(C)[nH]c3=O)c(C)c(N(CC)C3CCOCC3)c2)cc1. The lowest BCUT2D eigenvalue weighted by Gasteiger charge is -2.37. The standard InChI is InChI=1S/C39H56N4O3/c1-7-10-11-12-20-42(19-8-2)27-31-13-15-32(16-14-31)33-24-35(38(44)40-26-36-28(4)23-29(5)41-39(36)45)30(6)37(25-33)43(9-3)34-17-21-46-22-18-34/h13-16,23-25,34H,7-12,17-22,26-27H2,1-6H3,(H,40,44)(H,41,45). The summed E-state index contributed by atoms with van der Waals surface area (Å²) in [5.41, 5.74) is 8.25. The number of amides is 1. The molecule has 1 aromatic heterocycles. The van der Waals surface area contributed by atoms with E-state index in [0.717, 1.165) is 92.3 Å². The van der Waals surface area contributed by atoms with E-state index < -0.39 is 0 Å². The van der Waals surface area contributed by atoms with Gasteiger partial charge in [-0.2, -0.15) is 0 Å². The summed E-state index contributed by atoms with van der Waals surface area (Å²) in [6.07, 6.45) is 8.21. The molecule has 0 atom stereocenters. The largest absolute Gasteiger partial charge is 0.381 e. The summed E-state index contributed by atoms with van der Waals surface area (Å²) in [5.74, 6) is -0.169. The van der Waals surface area contributed by atoms with Crippen LogP contribution < -0.4 is 15.8 Å². The first-order valence-corrected chi connectivity index (χ1v) is 17.5. The van der Waals surface area contributed by atoms with Crippen molar-refractivity contribution in [3.8, 4) is 11.1 Å². The number of hydrogen-bond acceptors (Lipinski definition) is 5. The molecule has 1 aliphatic heterocycles. The van der Waals surface area contributed by atoms with Crippen LogP contribution in [-0.2, 0) is 17.8 Å². The number of carbonyl (C=O) groups is 1. The highest BCUT2D eigenvalue weighted by atomic mass is 16.5. The van der Waals surface area contributed by atoms with Crippen molar-refractivity contribution in [3.05, 3.63) is 86.3 Å². The van der Waals surface area contributed by atoms with Crippen molar-refractivity contribution in [1.29, 1.82) is 0 Å². The Morgan fingerprint density at radius 2 is 1.65 bits per heavy atom. The molecule has 0 unspecified atom stereocenters. The third kappa shape index (κ3) is 9.32. The highest BCUT2D eigenvalue weighted by Crippen LogP contribution is 2.34. The summed E-state index contributed by atoms with van der Waals surface area (Å²) in [7, 11) is 0. The third-order valence-electron chi connectivity index (χ3n) is 9.39. The lowest BCUT2D eigenvalue weighted by Crippen LogP contribution is -2.40. The summed E-state index contributed by atoms with van der Waals surface area (Å²) in [5, 5.41) is 3.06. The normalized spacial score (nSPS) is 13.7. The number of unbranched alkanes of at least 4 members (excludes halogenated alkanes) is 3. The van der Waals surface area contributed by atoms with Gasteiger partial charge in [0.1, 0.15) is 0 Å². The first kappa shape index (κ1) is 35.4. The third-order valence-corrected chi connectivity index (χ3v) is 9.39. The number of aromatic nitrogens is 1. The molecular formula is C39H56N4O3. The van der Waals surface area contributed by atoms with Gasteiger partial charge in [-0.15, -0.1) is 0 Å². The molecule has 1 fully saturated rings. The van der Waals surface area contributed by atoms with Gasteiger partial charge in [-0.1, -0.05) is 57.4 Å². The Hall–Kier alpha value is -3.42. The maximum atomic E-state index is 13.8. The van der Waals surface area contributed by atoms with Gasteiger partial charge in [-0.25, -0.2) is 0 Å². The molecule has 2 aromatic carbocycles. The van der Waals surface area contributed by atoms with Gasteiger partial charge in [0.25, 0.3) is 11.5 Å². The molecule has 1 aliphatic rings. The van der Waals surface area contributed by atoms with Crippen molar-refractivity contribution in [2.75, 3.05) is 37.7 Å².